The molecule has 25 heavy (non-hydrogen) atoms. The first-order valence-electron chi connectivity index (χ1n) is 8.64. The van der Waals surface area contributed by atoms with Gasteiger partial charge >= 0.3 is 0 Å². The molecule has 6 nitrogen and oxygen atoms in total. The van der Waals surface area contributed by atoms with Gasteiger partial charge in [0.05, 0.1) is 12.1 Å². The van der Waals surface area contributed by atoms with Crippen molar-refractivity contribution in [2.45, 2.75) is 45.7 Å². The Bertz CT molecular complexity index is 735. The number of tetrazole rings is 1. The molecule has 0 bridgehead atoms. The van der Waals surface area contributed by atoms with Crippen LogP contribution in [0, 0.1) is 11.7 Å². The molecule has 0 spiro atoms. The minimum Gasteiger partial charge on any atom is -0.295 e. The van der Waals surface area contributed by atoms with E-state index in [1.807, 2.05) is 4.68 Å². The summed E-state index contributed by atoms with van der Waals surface area (Å²) in [7, 11) is 0. The van der Waals surface area contributed by atoms with Gasteiger partial charge in [-0.1, -0.05) is 0 Å². The molecule has 1 unspecified atom stereocenters. The summed E-state index contributed by atoms with van der Waals surface area (Å²) in [5.41, 5.74) is 0.394. The maximum atomic E-state index is 13.1. The van der Waals surface area contributed by atoms with Crippen LogP contribution in [0.4, 0.5) is 4.39 Å². The van der Waals surface area contributed by atoms with Crippen LogP contribution in [-0.2, 0) is 12.1 Å². The molecule has 0 saturated carbocycles. The van der Waals surface area contributed by atoms with Gasteiger partial charge in [-0.2, -0.15) is 0 Å². The lowest BCUT2D eigenvalue weighted by molar-refractivity contribution is 0.0804. The number of hydrogen-bond donors (Lipinski definition) is 0. The number of nitrogens with zero attached hydrogens (tertiary/aromatic N) is 5. The predicted octanol–water partition coefficient (Wildman–Crippen LogP) is 2.66. The summed E-state index contributed by atoms with van der Waals surface area (Å²) in [5.74, 6) is 0.497. The summed E-state index contributed by atoms with van der Waals surface area (Å²) >= 11 is 0. The average Bonchev–Trinajstić information content (AvgIpc) is 3.04. The second kappa shape index (κ2) is 7.00. The van der Waals surface area contributed by atoms with Gasteiger partial charge in [-0.15, -0.1) is 5.10 Å². The Morgan fingerprint density at radius 1 is 1.28 bits per heavy atom. The van der Waals surface area contributed by atoms with Crippen molar-refractivity contribution < 1.29 is 9.18 Å². The van der Waals surface area contributed by atoms with Crippen LogP contribution in [-0.4, -0.2) is 44.0 Å². The molecule has 1 fully saturated rings. The highest BCUT2D eigenvalue weighted by Gasteiger charge is 2.28. The summed E-state index contributed by atoms with van der Waals surface area (Å²) in [6.45, 7) is 8.40. The Morgan fingerprint density at radius 2 is 2.00 bits per heavy atom. The number of carbonyl (C=O) groups is 1. The van der Waals surface area contributed by atoms with Crippen LogP contribution >= 0.6 is 0 Å². The van der Waals surface area contributed by atoms with Gasteiger partial charge in [0.1, 0.15) is 5.82 Å². The largest absolute Gasteiger partial charge is 0.295 e. The van der Waals surface area contributed by atoms with E-state index >= 15 is 0 Å². The molecule has 2 heterocycles. The molecule has 0 N–H and O–H groups in total. The van der Waals surface area contributed by atoms with Crippen LogP contribution in [0.3, 0.4) is 0 Å². The van der Waals surface area contributed by atoms with Gasteiger partial charge in [0, 0.05) is 18.0 Å². The third-order valence-electron chi connectivity index (χ3n) is 4.54. The Morgan fingerprint density at radius 3 is 2.68 bits per heavy atom. The molecule has 3 rings (SSSR count). The molecule has 0 aliphatic carbocycles. The maximum Gasteiger partial charge on any atom is 0.167 e. The molecule has 1 aliphatic heterocycles. The van der Waals surface area contributed by atoms with E-state index in [9.17, 15) is 9.18 Å². The summed E-state index contributed by atoms with van der Waals surface area (Å²) < 4.78 is 14.9. The van der Waals surface area contributed by atoms with Crippen molar-refractivity contribution in [3.63, 3.8) is 0 Å². The van der Waals surface area contributed by atoms with E-state index in [-0.39, 0.29) is 23.1 Å². The first-order chi connectivity index (χ1) is 11.8. The first-order valence-corrected chi connectivity index (χ1v) is 8.64. The number of Topliss-reactive ketones (excluding diaryl/α,β-unsaturated/α-hetero) is 1. The van der Waals surface area contributed by atoms with Gasteiger partial charge in [0.15, 0.2) is 11.6 Å². The molecule has 1 aliphatic rings. The minimum absolute atomic E-state index is 0.0711. The van der Waals surface area contributed by atoms with Crippen molar-refractivity contribution in [1.29, 1.82) is 0 Å². The highest BCUT2D eigenvalue weighted by atomic mass is 19.1. The van der Waals surface area contributed by atoms with Crippen molar-refractivity contribution in [3.05, 3.63) is 41.5 Å². The molecule has 1 atom stereocenters. The summed E-state index contributed by atoms with van der Waals surface area (Å²) in [5, 5.41) is 12.0. The van der Waals surface area contributed by atoms with Crippen LogP contribution in [0.1, 0.15) is 49.8 Å². The number of ketones is 1. The smallest absolute Gasteiger partial charge is 0.167 e. The third-order valence-corrected chi connectivity index (χ3v) is 4.54. The average molecular weight is 345 g/mol. The Kier molecular flexibility index (Phi) is 4.94. The highest BCUT2D eigenvalue weighted by Crippen LogP contribution is 2.23. The van der Waals surface area contributed by atoms with E-state index in [0.717, 1.165) is 25.2 Å². The van der Waals surface area contributed by atoms with E-state index in [4.69, 9.17) is 0 Å². The quantitative estimate of drug-likeness (QED) is 0.797. The van der Waals surface area contributed by atoms with E-state index in [2.05, 4.69) is 41.2 Å². The number of halogens is 1. The summed E-state index contributed by atoms with van der Waals surface area (Å²) in [6.07, 6.45) is 1.81. The van der Waals surface area contributed by atoms with Crippen molar-refractivity contribution in [2.24, 2.45) is 5.92 Å². The van der Waals surface area contributed by atoms with Crippen LogP contribution < -0.4 is 0 Å². The number of likely N-dealkylation sites (tertiary alicyclic amines) is 1. The van der Waals surface area contributed by atoms with Crippen LogP contribution in [0.15, 0.2) is 24.3 Å². The van der Waals surface area contributed by atoms with Crippen molar-refractivity contribution in [3.8, 4) is 0 Å². The van der Waals surface area contributed by atoms with Crippen molar-refractivity contribution in [2.75, 3.05) is 13.1 Å². The van der Waals surface area contributed by atoms with Gasteiger partial charge in [0.2, 0.25) is 0 Å². The van der Waals surface area contributed by atoms with Crippen LogP contribution in [0.5, 0.6) is 0 Å². The van der Waals surface area contributed by atoms with Gasteiger partial charge in [-0.25, -0.2) is 9.07 Å². The Labute approximate surface area is 147 Å². The third kappa shape index (κ3) is 4.10. The molecule has 2 aromatic rings. The number of aromatic nitrogens is 4. The Hall–Kier alpha value is -2.15. The van der Waals surface area contributed by atoms with Crippen LogP contribution in [0.25, 0.3) is 0 Å². The number of hydrogen-bond acceptors (Lipinski definition) is 5. The van der Waals surface area contributed by atoms with Gasteiger partial charge in [-0.3, -0.25) is 9.69 Å². The van der Waals surface area contributed by atoms with Gasteiger partial charge in [0.25, 0.3) is 0 Å². The van der Waals surface area contributed by atoms with E-state index in [1.165, 1.54) is 12.1 Å². The number of rotatable bonds is 4. The monoisotopic (exact) mass is 345 g/mol. The summed E-state index contributed by atoms with van der Waals surface area (Å²) in [4.78, 5) is 14.9. The molecular weight excluding hydrogens is 321 g/mol. The van der Waals surface area contributed by atoms with E-state index in [0.29, 0.717) is 18.7 Å². The maximum absolute atomic E-state index is 13.1. The molecule has 7 heteroatoms. The lowest BCUT2D eigenvalue weighted by Gasteiger charge is -2.32. The molecule has 1 aromatic heterocycles. The first kappa shape index (κ1) is 17.7. The lowest BCUT2D eigenvalue weighted by Crippen LogP contribution is -2.39. The SMILES string of the molecule is CC(C)(C)n1nnnc1CN1CCCC(C(=O)c2ccc(F)cc2)C1. The predicted molar refractivity (Wildman–Crippen MR) is 91.5 cm³/mol. The number of piperidine rings is 1. The zero-order chi connectivity index (χ0) is 18.0. The molecule has 0 amide bonds. The highest BCUT2D eigenvalue weighted by molar-refractivity contribution is 5.98. The lowest BCUT2D eigenvalue weighted by atomic mass is 9.90. The second-order valence-electron chi connectivity index (χ2n) is 7.62. The second-order valence-corrected chi connectivity index (χ2v) is 7.62. The number of benzene rings is 1. The topological polar surface area (TPSA) is 63.9 Å². The summed E-state index contributed by atoms with van der Waals surface area (Å²) in [6, 6.07) is 5.81. The standard InChI is InChI=1S/C18H24FN5O/c1-18(2,3)24-16(20-21-22-24)12-23-10-4-5-14(11-23)17(25)13-6-8-15(19)9-7-13/h6-9,14H,4-5,10-12H2,1-3H3. The van der Waals surface area contributed by atoms with Crippen LogP contribution in [0.2, 0.25) is 0 Å². The number of carbonyl (C=O) groups excluding carboxylic acids is 1. The fourth-order valence-electron chi connectivity index (χ4n) is 3.29. The van der Waals surface area contributed by atoms with E-state index in [1.54, 1.807) is 12.1 Å². The molecule has 134 valence electrons. The van der Waals surface area contributed by atoms with Gasteiger partial charge < -0.3 is 0 Å². The van der Waals surface area contributed by atoms with E-state index < -0.39 is 0 Å². The Balaban J connectivity index is 1.68. The zero-order valence-electron chi connectivity index (χ0n) is 14.9. The fourth-order valence-corrected chi connectivity index (χ4v) is 3.29. The minimum atomic E-state index is -0.323. The normalized spacial score (nSPS) is 19.1. The molecular formula is C18H24FN5O. The van der Waals surface area contributed by atoms with Crippen molar-refractivity contribution in [1.82, 2.24) is 25.1 Å². The zero-order valence-corrected chi connectivity index (χ0v) is 14.9. The fraction of sp³-hybridized carbons (Fsp3) is 0.556. The molecule has 1 saturated heterocycles. The molecule has 0 radical (unpaired) electrons. The van der Waals surface area contributed by atoms with Crippen molar-refractivity contribution >= 4 is 5.78 Å². The van der Waals surface area contributed by atoms with Gasteiger partial charge in [-0.05, 0) is 74.8 Å². The molecule has 1 aromatic carbocycles.